The van der Waals surface area contributed by atoms with Gasteiger partial charge in [0.2, 0.25) is 6.23 Å². The minimum atomic E-state index is -0.718. The molecule has 0 amide bonds. The molecule has 35 heavy (non-hydrogen) atoms. The molecular formula is C25H21N7O3+. The van der Waals surface area contributed by atoms with Gasteiger partial charge in [-0.3, -0.25) is 10.1 Å². The number of benzene rings is 2. The van der Waals surface area contributed by atoms with E-state index < -0.39 is 11.2 Å². The first-order valence-corrected chi connectivity index (χ1v) is 11.1. The summed E-state index contributed by atoms with van der Waals surface area (Å²) in [5, 5.41) is 50.8. The Morgan fingerprint density at radius 1 is 0.914 bits per heavy atom. The van der Waals surface area contributed by atoms with Gasteiger partial charge in [-0.25, -0.2) is 5.11 Å². The van der Waals surface area contributed by atoms with E-state index in [0.717, 1.165) is 5.01 Å². The zero-order chi connectivity index (χ0) is 24.8. The molecule has 0 aromatic heterocycles. The number of non-ortho nitro benzene ring substituents is 1. The van der Waals surface area contributed by atoms with E-state index in [-0.39, 0.29) is 35.8 Å². The number of nitrogens with zero attached hydrogens (tertiary/aromatic N) is 6. The van der Waals surface area contributed by atoms with Gasteiger partial charge in [0.25, 0.3) is 5.69 Å². The van der Waals surface area contributed by atoms with Crippen LogP contribution >= 0.6 is 0 Å². The maximum atomic E-state index is 12.9. The van der Waals surface area contributed by atoms with Crippen LogP contribution in [0.25, 0.3) is 0 Å². The molecule has 10 heteroatoms. The van der Waals surface area contributed by atoms with Crippen molar-refractivity contribution in [3.8, 4) is 12.1 Å². The minimum Gasteiger partial charge on any atom is -0.346 e. The zero-order valence-corrected chi connectivity index (χ0v) is 18.7. The molecule has 173 valence electrons. The minimum absolute atomic E-state index is 0.00955. The fourth-order valence-electron chi connectivity index (χ4n) is 3.92. The van der Waals surface area contributed by atoms with Crippen molar-refractivity contribution in [3.05, 3.63) is 112 Å². The lowest BCUT2D eigenvalue weighted by atomic mass is 9.72. The van der Waals surface area contributed by atoms with Crippen LogP contribution < -0.4 is 16.1 Å². The van der Waals surface area contributed by atoms with Gasteiger partial charge in [-0.15, -0.1) is 5.43 Å². The molecule has 3 aliphatic rings. The van der Waals surface area contributed by atoms with E-state index in [0.29, 0.717) is 11.1 Å². The Morgan fingerprint density at radius 2 is 1.57 bits per heavy atom. The highest BCUT2D eigenvalue weighted by molar-refractivity contribution is 5.67. The van der Waals surface area contributed by atoms with Crippen LogP contribution in [0, 0.1) is 69.1 Å². The fourth-order valence-corrected chi connectivity index (χ4v) is 3.92. The molecule has 3 saturated heterocycles. The van der Waals surface area contributed by atoms with Gasteiger partial charge in [0.1, 0.15) is 11.8 Å². The number of fused-ring (bicyclic) bond motifs is 1. The molecule has 10 nitrogen and oxygen atoms in total. The maximum absolute atomic E-state index is 12.9. The van der Waals surface area contributed by atoms with Crippen molar-refractivity contribution in [3.63, 3.8) is 0 Å². The van der Waals surface area contributed by atoms with E-state index in [1.165, 1.54) is 56.6 Å². The van der Waals surface area contributed by atoms with Gasteiger partial charge in [0, 0.05) is 12.1 Å². The third-order valence-electron chi connectivity index (χ3n) is 5.68. The van der Waals surface area contributed by atoms with Gasteiger partial charge in [0.15, 0.2) is 12.3 Å². The third kappa shape index (κ3) is 5.33. The van der Waals surface area contributed by atoms with Crippen LogP contribution in [-0.4, -0.2) is 23.0 Å². The summed E-state index contributed by atoms with van der Waals surface area (Å²) in [5.41, 5.74) is 5.00. The smallest absolute Gasteiger partial charge is 0.269 e. The van der Waals surface area contributed by atoms with Gasteiger partial charge < -0.3 is 5.32 Å². The number of nitriles is 2. The first-order chi connectivity index (χ1) is 17.0. The van der Waals surface area contributed by atoms with Crippen LogP contribution in [0.4, 0.5) is 5.69 Å². The topological polar surface area (TPSA) is 159 Å². The molecule has 3 fully saturated rings. The molecule has 3 aliphatic heterocycles. The molecule has 0 aliphatic carbocycles. The lowest BCUT2D eigenvalue weighted by Crippen LogP contribution is -2.85. The summed E-state index contributed by atoms with van der Waals surface area (Å²) in [5.74, 6) is -0.216. The Bertz CT molecular complexity index is 1070. The van der Waals surface area contributed by atoms with Crippen molar-refractivity contribution in [2.45, 2.75) is 19.3 Å². The summed E-state index contributed by atoms with van der Waals surface area (Å²) in [4.78, 5) is 10.3. The van der Waals surface area contributed by atoms with Crippen LogP contribution in [0.15, 0.2) is 54.6 Å². The van der Waals surface area contributed by atoms with Crippen molar-refractivity contribution in [1.82, 2.24) is 15.8 Å². The molecule has 0 saturated carbocycles. The average molecular weight is 467 g/mol. The monoisotopic (exact) mass is 467 g/mol. The molecule has 2 aromatic carbocycles. The molecule has 2 N–H and O–H groups in total. The molecule has 0 spiro atoms. The normalized spacial score (nSPS) is 20.9. The van der Waals surface area contributed by atoms with E-state index in [9.17, 15) is 25.7 Å². The van der Waals surface area contributed by atoms with E-state index in [1.807, 2.05) is 18.2 Å². The summed E-state index contributed by atoms with van der Waals surface area (Å²) < 4.78 is 0. The Labute approximate surface area is 204 Å². The van der Waals surface area contributed by atoms with E-state index >= 15 is 0 Å². The zero-order valence-electron chi connectivity index (χ0n) is 18.7. The van der Waals surface area contributed by atoms with Gasteiger partial charge in [-0.1, -0.05) is 42.5 Å². The maximum Gasteiger partial charge on any atom is 0.269 e. The quantitative estimate of drug-likeness (QED) is 0.538. The second kappa shape index (κ2) is 11.4. The number of piperidine rings is 2. The van der Waals surface area contributed by atoms with E-state index in [1.54, 1.807) is 24.3 Å². The Hall–Kier alpha value is -3.38. The molecule has 2 aromatic rings. The molecule has 3 heterocycles. The molecular weight excluding hydrogens is 446 g/mol. The molecule has 9 radical (unpaired) electrons. The van der Waals surface area contributed by atoms with E-state index in [4.69, 9.17) is 0 Å². The highest BCUT2D eigenvalue weighted by Gasteiger charge is 2.59. The molecule has 0 atom stereocenters. The van der Waals surface area contributed by atoms with Crippen molar-refractivity contribution in [2.75, 3.05) is 13.1 Å². The second-order valence-corrected chi connectivity index (χ2v) is 7.92. The number of nitro groups is 1. The molecule has 0 bridgehead atoms. The standard InChI is InChI=1S/C20H9N6O3.C5H11N/c21-10-15-17(12-6-8-14(9-7-12)26(28)29)16(11-22)20(27)25-19(15)23-18(24-25)13-4-2-1-3-5-13;1-2-4-6-5-3-1/h1-9H;6H,1-5H2/p+1. The van der Waals surface area contributed by atoms with Crippen LogP contribution in [0.1, 0.15) is 30.4 Å². The average Bonchev–Trinajstić information content (AvgIpc) is 3.36. The van der Waals surface area contributed by atoms with Crippen LogP contribution in [0.2, 0.25) is 0 Å². The Kier molecular flexibility index (Phi) is 8.03. The van der Waals surface area contributed by atoms with Gasteiger partial charge in [0.05, 0.1) is 36.1 Å². The van der Waals surface area contributed by atoms with Crippen LogP contribution in [0.5, 0.6) is 0 Å². The number of hydrogen-bond donors (Lipinski definition) is 1. The Morgan fingerprint density at radius 3 is 2.09 bits per heavy atom. The first kappa shape index (κ1) is 24.7. The molecule has 0 unspecified atom stereocenters. The van der Waals surface area contributed by atoms with E-state index in [2.05, 4.69) is 16.1 Å². The summed E-state index contributed by atoms with van der Waals surface area (Å²) in [7, 11) is 0. The predicted molar refractivity (Wildman–Crippen MR) is 121 cm³/mol. The van der Waals surface area contributed by atoms with Crippen LogP contribution in [-0.2, 0) is 5.11 Å². The van der Waals surface area contributed by atoms with Crippen molar-refractivity contribution in [1.29, 1.82) is 10.5 Å². The number of nitro benzene ring substituents is 1. The number of rotatable bonds is 3. The SMILES string of the molecule is C1CC[NH2+]CC1.N#C[C]1[C](c2ccc([N+](=O)[O-])cc2)[C](C#N)[C]2[N][C](c3ccccc3)[N]N2[C]1[O]. The largest absolute Gasteiger partial charge is 0.346 e. The van der Waals surface area contributed by atoms with Crippen molar-refractivity contribution in [2.24, 2.45) is 0 Å². The van der Waals surface area contributed by atoms with Crippen molar-refractivity contribution >= 4 is 5.69 Å². The first-order valence-electron chi connectivity index (χ1n) is 11.1. The highest BCUT2D eigenvalue weighted by Crippen LogP contribution is 2.52. The summed E-state index contributed by atoms with van der Waals surface area (Å²) in [6.45, 7) is 2.75. The summed E-state index contributed by atoms with van der Waals surface area (Å²) in [6.07, 6.45) is 3.90. The highest BCUT2D eigenvalue weighted by atomic mass is 16.6. The number of hydrogen-bond acceptors (Lipinski definition) is 5. The lowest BCUT2D eigenvalue weighted by Gasteiger charge is -2.38. The Balaban J connectivity index is 0.000000421. The van der Waals surface area contributed by atoms with Crippen molar-refractivity contribution < 1.29 is 15.3 Å². The lowest BCUT2D eigenvalue weighted by molar-refractivity contribution is -0.662. The predicted octanol–water partition coefficient (Wildman–Crippen LogP) is 1.85. The number of nitrogens with two attached hydrogens (primary N) is 1. The summed E-state index contributed by atoms with van der Waals surface area (Å²) in [6, 6.07) is 18.0. The third-order valence-corrected chi connectivity index (χ3v) is 5.68. The van der Waals surface area contributed by atoms with Crippen LogP contribution in [0.3, 0.4) is 0 Å². The number of quaternary nitrogens is 1. The van der Waals surface area contributed by atoms with Gasteiger partial charge >= 0.3 is 0 Å². The van der Waals surface area contributed by atoms with Gasteiger partial charge in [-0.2, -0.15) is 20.8 Å². The second-order valence-electron chi connectivity index (χ2n) is 7.92. The van der Waals surface area contributed by atoms with Gasteiger partial charge in [-0.05, 0) is 30.4 Å². The molecule has 5 rings (SSSR count). The fraction of sp³-hybridized carbons (Fsp3) is 0.200. The summed E-state index contributed by atoms with van der Waals surface area (Å²) >= 11 is 0.